The van der Waals surface area contributed by atoms with Crippen molar-refractivity contribution >= 4 is 5.97 Å². The zero-order valence-electron chi connectivity index (χ0n) is 14.6. The molecule has 0 aliphatic carbocycles. The van der Waals surface area contributed by atoms with Crippen LogP contribution in [0, 0.1) is 11.8 Å². The van der Waals surface area contributed by atoms with E-state index in [0.29, 0.717) is 24.1 Å². The van der Waals surface area contributed by atoms with Crippen molar-refractivity contribution in [3.05, 3.63) is 46.8 Å². The molecule has 0 saturated heterocycles. The van der Waals surface area contributed by atoms with Crippen molar-refractivity contribution < 1.29 is 9.90 Å². The Morgan fingerprint density at radius 3 is 2.67 bits per heavy atom. The Morgan fingerprint density at radius 1 is 1.25 bits per heavy atom. The van der Waals surface area contributed by atoms with Crippen LogP contribution in [0.25, 0.3) is 5.69 Å². The van der Waals surface area contributed by atoms with Gasteiger partial charge >= 0.3 is 5.97 Å². The lowest BCUT2D eigenvalue weighted by atomic mass is 10.1. The van der Waals surface area contributed by atoms with E-state index in [-0.39, 0.29) is 0 Å². The molecule has 1 aromatic carbocycles. The van der Waals surface area contributed by atoms with Crippen molar-refractivity contribution in [2.45, 2.75) is 52.9 Å². The lowest BCUT2D eigenvalue weighted by Crippen LogP contribution is -2.06. The summed E-state index contributed by atoms with van der Waals surface area (Å²) in [7, 11) is 0. The number of carboxylic acids is 1. The lowest BCUT2D eigenvalue weighted by molar-refractivity contribution is 0.0694. The predicted molar refractivity (Wildman–Crippen MR) is 95.7 cm³/mol. The number of nitrogens with zero attached hydrogens (tertiary/aromatic N) is 2. The van der Waals surface area contributed by atoms with Gasteiger partial charge in [0.1, 0.15) is 5.56 Å². The third-order valence-electron chi connectivity index (χ3n) is 3.92. The number of aromatic nitrogens is 2. The first-order valence-corrected chi connectivity index (χ1v) is 8.55. The SMILES string of the molecule is CCCCC#Cc1cccc(-n2nc(CC)c(C(=O)O)c2CC)c1. The van der Waals surface area contributed by atoms with Crippen LogP contribution in [0.1, 0.15) is 67.3 Å². The van der Waals surface area contributed by atoms with Crippen LogP contribution in [-0.4, -0.2) is 20.9 Å². The highest BCUT2D eigenvalue weighted by Gasteiger charge is 2.21. The minimum absolute atomic E-state index is 0.333. The molecule has 0 unspecified atom stereocenters. The summed E-state index contributed by atoms with van der Waals surface area (Å²) in [5.74, 6) is 5.45. The molecule has 0 spiro atoms. The van der Waals surface area contributed by atoms with E-state index in [2.05, 4.69) is 23.9 Å². The highest BCUT2D eigenvalue weighted by molar-refractivity contribution is 5.90. The molecule has 1 N–H and O–H groups in total. The van der Waals surface area contributed by atoms with E-state index in [1.807, 2.05) is 38.1 Å². The van der Waals surface area contributed by atoms with Crippen LogP contribution in [0.2, 0.25) is 0 Å². The largest absolute Gasteiger partial charge is 0.478 e. The molecular formula is C20H24N2O2. The van der Waals surface area contributed by atoms with Crippen molar-refractivity contribution in [1.29, 1.82) is 0 Å². The molecule has 0 amide bonds. The van der Waals surface area contributed by atoms with Gasteiger partial charge in [0, 0.05) is 12.0 Å². The van der Waals surface area contributed by atoms with E-state index in [9.17, 15) is 9.90 Å². The molecule has 2 rings (SSSR count). The molecule has 24 heavy (non-hydrogen) atoms. The normalized spacial score (nSPS) is 10.3. The zero-order valence-corrected chi connectivity index (χ0v) is 14.6. The van der Waals surface area contributed by atoms with Crippen molar-refractivity contribution in [1.82, 2.24) is 9.78 Å². The summed E-state index contributed by atoms with van der Waals surface area (Å²) in [5, 5.41) is 14.0. The molecule has 0 saturated carbocycles. The fourth-order valence-electron chi connectivity index (χ4n) is 2.68. The maximum Gasteiger partial charge on any atom is 0.339 e. The molecular weight excluding hydrogens is 300 g/mol. The summed E-state index contributed by atoms with van der Waals surface area (Å²) in [6.07, 6.45) is 4.35. The number of aryl methyl sites for hydroxylation is 1. The molecule has 0 fully saturated rings. The number of carbonyl (C=O) groups is 1. The fourth-order valence-corrected chi connectivity index (χ4v) is 2.68. The summed E-state index contributed by atoms with van der Waals surface area (Å²) in [6.45, 7) is 6.03. The molecule has 2 aromatic rings. The van der Waals surface area contributed by atoms with Gasteiger partial charge in [-0.05, 0) is 37.5 Å². The van der Waals surface area contributed by atoms with Crippen LogP contribution >= 0.6 is 0 Å². The highest BCUT2D eigenvalue weighted by Crippen LogP contribution is 2.21. The zero-order chi connectivity index (χ0) is 17.5. The number of hydrogen-bond acceptors (Lipinski definition) is 2. The maximum absolute atomic E-state index is 11.6. The van der Waals surface area contributed by atoms with Crippen molar-refractivity contribution in [3.8, 4) is 17.5 Å². The number of benzene rings is 1. The Kier molecular flexibility index (Phi) is 6.20. The molecule has 126 valence electrons. The first-order valence-electron chi connectivity index (χ1n) is 8.55. The number of rotatable bonds is 6. The van der Waals surface area contributed by atoms with Gasteiger partial charge in [-0.1, -0.05) is 45.1 Å². The smallest absolute Gasteiger partial charge is 0.339 e. The fraction of sp³-hybridized carbons (Fsp3) is 0.400. The molecule has 1 aromatic heterocycles. The Bertz CT molecular complexity index is 779. The number of hydrogen-bond donors (Lipinski definition) is 1. The van der Waals surface area contributed by atoms with Crippen molar-refractivity contribution in [2.24, 2.45) is 0 Å². The van der Waals surface area contributed by atoms with Crippen molar-refractivity contribution in [3.63, 3.8) is 0 Å². The minimum Gasteiger partial charge on any atom is -0.478 e. The van der Waals surface area contributed by atoms with Crippen molar-refractivity contribution in [2.75, 3.05) is 0 Å². The molecule has 0 radical (unpaired) electrons. The summed E-state index contributed by atoms with van der Waals surface area (Å²) in [5.41, 5.74) is 3.47. The first-order chi connectivity index (χ1) is 11.6. The summed E-state index contributed by atoms with van der Waals surface area (Å²) in [4.78, 5) is 11.6. The summed E-state index contributed by atoms with van der Waals surface area (Å²) < 4.78 is 1.75. The van der Waals surface area contributed by atoms with E-state index in [1.165, 1.54) is 0 Å². The van der Waals surface area contributed by atoms with Crippen LogP contribution in [0.15, 0.2) is 24.3 Å². The molecule has 0 aliphatic heterocycles. The average Bonchev–Trinajstić information content (AvgIpc) is 2.98. The van der Waals surface area contributed by atoms with Gasteiger partial charge in [-0.25, -0.2) is 9.48 Å². The van der Waals surface area contributed by atoms with Gasteiger partial charge in [-0.15, -0.1) is 0 Å². The lowest BCUT2D eigenvalue weighted by Gasteiger charge is -2.07. The Hall–Kier alpha value is -2.54. The average molecular weight is 324 g/mol. The van der Waals surface area contributed by atoms with E-state index >= 15 is 0 Å². The predicted octanol–water partition coefficient (Wildman–Crippen LogP) is 4.24. The number of carboxylic acid groups (broad SMARTS) is 1. The number of aromatic carboxylic acids is 1. The van der Waals surface area contributed by atoms with Crippen LogP contribution in [0.4, 0.5) is 0 Å². The second kappa shape index (κ2) is 8.35. The molecule has 0 aliphatic rings. The van der Waals surface area contributed by atoms with Crippen LogP contribution in [-0.2, 0) is 12.8 Å². The van der Waals surface area contributed by atoms with Crippen LogP contribution in [0.5, 0.6) is 0 Å². The van der Waals surface area contributed by atoms with Crippen LogP contribution in [0.3, 0.4) is 0 Å². The van der Waals surface area contributed by atoms with Gasteiger partial charge in [0.15, 0.2) is 0 Å². The number of unbranched alkanes of at least 4 members (excludes halogenated alkanes) is 2. The topological polar surface area (TPSA) is 55.1 Å². The van der Waals surface area contributed by atoms with E-state index < -0.39 is 5.97 Å². The molecule has 0 atom stereocenters. The van der Waals surface area contributed by atoms with Gasteiger partial charge in [0.25, 0.3) is 0 Å². The molecule has 4 heteroatoms. The van der Waals surface area contributed by atoms with Gasteiger partial charge in [-0.3, -0.25) is 0 Å². The second-order valence-electron chi connectivity index (χ2n) is 5.65. The molecule has 1 heterocycles. The Labute approximate surface area is 143 Å². The van der Waals surface area contributed by atoms with E-state index in [4.69, 9.17) is 0 Å². The monoisotopic (exact) mass is 324 g/mol. The minimum atomic E-state index is -0.912. The second-order valence-corrected chi connectivity index (χ2v) is 5.65. The summed E-state index contributed by atoms with van der Waals surface area (Å²) >= 11 is 0. The van der Waals surface area contributed by atoms with E-state index in [1.54, 1.807) is 4.68 Å². The quantitative estimate of drug-likeness (QED) is 0.639. The van der Waals surface area contributed by atoms with Gasteiger partial charge < -0.3 is 5.11 Å². The van der Waals surface area contributed by atoms with Gasteiger partial charge in [0.2, 0.25) is 0 Å². The molecule has 0 bridgehead atoms. The van der Waals surface area contributed by atoms with Gasteiger partial charge in [-0.2, -0.15) is 5.10 Å². The Balaban J connectivity index is 2.44. The van der Waals surface area contributed by atoms with Gasteiger partial charge in [0.05, 0.1) is 17.1 Å². The van der Waals surface area contributed by atoms with Crippen LogP contribution < -0.4 is 0 Å². The third-order valence-corrected chi connectivity index (χ3v) is 3.92. The van der Waals surface area contributed by atoms with E-state index in [0.717, 1.165) is 36.2 Å². The highest BCUT2D eigenvalue weighted by atomic mass is 16.4. The Morgan fingerprint density at radius 2 is 2.04 bits per heavy atom. The molecule has 4 nitrogen and oxygen atoms in total. The first kappa shape index (κ1) is 17.8. The summed E-state index contributed by atoms with van der Waals surface area (Å²) in [6, 6.07) is 7.81. The standard InChI is InChI=1S/C20H24N2O2/c1-4-7-8-9-11-15-12-10-13-16(14-15)22-18(6-3)19(20(23)24)17(5-2)21-22/h10,12-14H,4-8H2,1-3H3,(H,23,24). The third kappa shape index (κ3) is 3.86. The maximum atomic E-state index is 11.6.